The second-order valence-electron chi connectivity index (χ2n) is 8.66. The third-order valence-corrected chi connectivity index (χ3v) is 6.47. The Balaban J connectivity index is 1.39. The molecular formula is C27H30FN3O4. The van der Waals surface area contributed by atoms with E-state index in [0.717, 1.165) is 17.1 Å². The van der Waals surface area contributed by atoms with E-state index >= 15 is 0 Å². The summed E-state index contributed by atoms with van der Waals surface area (Å²) in [5.74, 6) is 0.758. The highest BCUT2D eigenvalue weighted by Gasteiger charge is 2.25. The molecule has 8 heteroatoms. The first kappa shape index (κ1) is 24.5. The number of carbonyl (C=O) groups excluding carboxylic acids is 2. The number of nitrogens with zero attached hydrogens (tertiary/aromatic N) is 3. The molecule has 35 heavy (non-hydrogen) atoms. The maximum atomic E-state index is 13.3. The van der Waals surface area contributed by atoms with Crippen molar-refractivity contribution >= 4 is 11.7 Å². The lowest BCUT2D eigenvalue weighted by Crippen LogP contribution is -2.49. The van der Waals surface area contributed by atoms with Crippen LogP contribution in [0.25, 0.3) is 5.69 Å². The van der Waals surface area contributed by atoms with E-state index in [1.807, 2.05) is 24.5 Å². The van der Waals surface area contributed by atoms with Crippen LogP contribution in [-0.4, -0.2) is 73.0 Å². The van der Waals surface area contributed by atoms with Gasteiger partial charge >= 0.3 is 0 Å². The molecule has 0 atom stereocenters. The number of ether oxygens (including phenoxy) is 2. The van der Waals surface area contributed by atoms with E-state index in [4.69, 9.17) is 9.47 Å². The van der Waals surface area contributed by atoms with Crippen molar-refractivity contribution in [2.45, 2.75) is 13.8 Å². The third kappa shape index (κ3) is 5.07. The van der Waals surface area contributed by atoms with Gasteiger partial charge in [-0.15, -0.1) is 0 Å². The van der Waals surface area contributed by atoms with Gasteiger partial charge in [0.25, 0.3) is 5.91 Å². The van der Waals surface area contributed by atoms with Crippen molar-refractivity contribution in [3.05, 3.63) is 76.9 Å². The zero-order valence-corrected chi connectivity index (χ0v) is 20.5. The molecule has 7 nitrogen and oxygen atoms in total. The van der Waals surface area contributed by atoms with Crippen molar-refractivity contribution in [2.24, 2.45) is 0 Å². The van der Waals surface area contributed by atoms with Crippen molar-refractivity contribution in [2.75, 3.05) is 46.9 Å². The molecule has 0 aliphatic carbocycles. The molecule has 2 aromatic carbocycles. The number of amides is 1. The summed E-state index contributed by atoms with van der Waals surface area (Å²) in [6.07, 6.45) is 0. The van der Waals surface area contributed by atoms with Crippen LogP contribution in [0.5, 0.6) is 11.5 Å². The molecule has 0 bridgehead atoms. The van der Waals surface area contributed by atoms with Crippen molar-refractivity contribution in [3.63, 3.8) is 0 Å². The summed E-state index contributed by atoms with van der Waals surface area (Å²) in [6, 6.07) is 13.3. The molecule has 0 radical (unpaired) electrons. The van der Waals surface area contributed by atoms with Gasteiger partial charge in [0.15, 0.2) is 17.3 Å². The quantitative estimate of drug-likeness (QED) is 0.481. The van der Waals surface area contributed by atoms with Crippen LogP contribution < -0.4 is 9.47 Å². The summed E-state index contributed by atoms with van der Waals surface area (Å²) in [5.41, 5.74) is 3.78. The van der Waals surface area contributed by atoms with Gasteiger partial charge < -0.3 is 18.9 Å². The summed E-state index contributed by atoms with van der Waals surface area (Å²) in [6.45, 7) is 6.42. The smallest absolute Gasteiger partial charge is 0.254 e. The normalized spacial score (nSPS) is 14.1. The van der Waals surface area contributed by atoms with Crippen LogP contribution in [0.1, 0.15) is 32.1 Å². The summed E-state index contributed by atoms with van der Waals surface area (Å²) >= 11 is 0. The van der Waals surface area contributed by atoms with Gasteiger partial charge in [-0.3, -0.25) is 14.5 Å². The van der Waals surface area contributed by atoms with Gasteiger partial charge in [0.05, 0.1) is 20.8 Å². The van der Waals surface area contributed by atoms with Gasteiger partial charge in [0, 0.05) is 54.4 Å². The Kier molecular flexibility index (Phi) is 7.21. The number of aryl methyl sites for hydroxylation is 1. The highest BCUT2D eigenvalue weighted by molar-refractivity contribution is 5.99. The minimum atomic E-state index is -0.295. The lowest BCUT2D eigenvalue weighted by atomic mass is 10.1. The SMILES string of the molecule is COc1ccc(C(=O)N2CCN(CC(=O)c3cc(C)n(-c4ccc(F)cc4)c3C)CC2)cc1OC. The van der Waals surface area contributed by atoms with E-state index in [0.29, 0.717) is 48.8 Å². The number of benzene rings is 2. The molecule has 0 N–H and O–H groups in total. The number of carbonyl (C=O) groups is 2. The summed E-state index contributed by atoms with van der Waals surface area (Å²) < 4.78 is 25.9. The summed E-state index contributed by atoms with van der Waals surface area (Å²) in [7, 11) is 3.10. The van der Waals surface area contributed by atoms with Crippen LogP contribution in [0.15, 0.2) is 48.5 Å². The Morgan fingerprint density at radius 2 is 1.54 bits per heavy atom. The van der Waals surface area contributed by atoms with E-state index in [2.05, 4.69) is 4.90 Å². The molecule has 1 fully saturated rings. The predicted octanol–water partition coefficient (Wildman–Crippen LogP) is 3.89. The minimum Gasteiger partial charge on any atom is -0.493 e. The van der Waals surface area contributed by atoms with Gasteiger partial charge in [-0.05, 0) is 62.4 Å². The molecule has 4 rings (SSSR count). The molecule has 0 unspecified atom stereocenters. The monoisotopic (exact) mass is 479 g/mol. The fraction of sp³-hybridized carbons (Fsp3) is 0.333. The minimum absolute atomic E-state index is 0.0335. The molecule has 0 spiro atoms. The fourth-order valence-corrected chi connectivity index (χ4v) is 4.58. The lowest BCUT2D eigenvalue weighted by molar-refractivity contribution is 0.0624. The zero-order chi connectivity index (χ0) is 25.1. The van der Waals surface area contributed by atoms with Crippen LogP contribution in [0.4, 0.5) is 4.39 Å². The third-order valence-electron chi connectivity index (χ3n) is 6.47. The van der Waals surface area contributed by atoms with E-state index in [9.17, 15) is 14.0 Å². The van der Waals surface area contributed by atoms with E-state index < -0.39 is 0 Å². The van der Waals surface area contributed by atoms with Crippen molar-refractivity contribution in [1.29, 1.82) is 0 Å². The van der Waals surface area contributed by atoms with Crippen LogP contribution in [-0.2, 0) is 0 Å². The Morgan fingerprint density at radius 3 is 2.17 bits per heavy atom. The molecule has 1 aromatic heterocycles. The van der Waals surface area contributed by atoms with Gasteiger partial charge in [0.2, 0.25) is 0 Å². The highest BCUT2D eigenvalue weighted by atomic mass is 19.1. The molecular weight excluding hydrogens is 449 g/mol. The number of piperazine rings is 1. The molecule has 1 amide bonds. The number of ketones is 1. The second kappa shape index (κ2) is 10.3. The number of Topliss-reactive ketones (excluding diaryl/α,β-unsaturated/α-hetero) is 1. The van der Waals surface area contributed by atoms with Gasteiger partial charge in [-0.25, -0.2) is 4.39 Å². The number of rotatable bonds is 7. The van der Waals surface area contributed by atoms with Crippen LogP contribution in [0.2, 0.25) is 0 Å². The molecule has 1 aliphatic heterocycles. The Labute approximate surface area is 204 Å². The average molecular weight is 480 g/mol. The predicted molar refractivity (Wildman–Crippen MR) is 131 cm³/mol. The van der Waals surface area contributed by atoms with E-state index in [1.54, 1.807) is 49.5 Å². The Morgan fingerprint density at radius 1 is 0.886 bits per heavy atom. The molecule has 1 aliphatic rings. The molecule has 184 valence electrons. The first-order chi connectivity index (χ1) is 16.8. The van der Waals surface area contributed by atoms with Crippen LogP contribution >= 0.6 is 0 Å². The second-order valence-corrected chi connectivity index (χ2v) is 8.66. The summed E-state index contributed by atoms with van der Waals surface area (Å²) in [4.78, 5) is 30.0. The first-order valence-electron chi connectivity index (χ1n) is 11.5. The highest BCUT2D eigenvalue weighted by Crippen LogP contribution is 2.28. The average Bonchev–Trinajstić information content (AvgIpc) is 3.18. The number of halogens is 1. The molecule has 0 saturated carbocycles. The molecule has 3 aromatic rings. The number of hydrogen-bond donors (Lipinski definition) is 0. The van der Waals surface area contributed by atoms with Gasteiger partial charge in [-0.1, -0.05) is 0 Å². The van der Waals surface area contributed by atoms with E-state index in [1.165, 1.54) is 12.1 Å². The lowest BCUT2D eigenvalue weighted by Gasteiger charge is -2.34. The van der Waals surface area contributed by atoms with Crippen molar-refractivity contribution in [1.82, 2.24) is 14.4 Å². The number of hydrogen-bond acceptors (Lipinski definition) is 5. The van der Waals surface area contributed by atoms with Crippen LogP contribution in [0, 0.1) is 19.7 Å². The maximum Gasteiger partial charge on any atom is 0.254 e. The maximum absolute atomic E-state index is 13.3. The Bertz CT molecular complexity index is 1230. The number of aromatic nitrogens is 1. The number of methoxy groups -OCH3 is 2. The standard InChI is InChI=1S/C27H30FN3O4/c1-18-15-23(19(2)31(18)22-8-6-21(28)7-9-22)24(32)17-29-11-13-30(14-12-29)27(33)20-5-10-25(34-3)26(16-20)35-4/h5-10,15-16H,11-14,17H2,1-4H3. The van der Waals surface area contributed by atoms with Gasteiger partial charge in [-0.2, -0.15) is 0 Å². The topological polar surface area (TPSA) is 64.0 Å². The Hall–Kier alpha value is -3.65. The first-order valence-corrected chi connectivity index (χ1v) is 11.5. The van der Waals surface area contributed by atoms with Crippen molar-refractivity contribution < 1.29 is 23.5 Å². The summed E-state index contributed by atoms with van der Waals surface area (Å²) in [5, 5.41) is 0. The van der Waals surface area contributed by atoms with Gasteiger partial charge in [0.1, 0.15) is 5.82 Å². The fourth-order valence-electron chi connectivity index (χ4n) is 4.58. The van der Waals surface area contributed by atoms with Crippen molar-refractivity contribution in [3.8, 4) is 17.2 Å². The molecule has 2 heterocycles. The zero-order valence-electron chi connectivity index (χ0n) is 20.5. The largest absolute Gasteiger partial charge is 0.493 e. The van der Waals surface area contributed by atoms with Crippen LogP contribution in [0.3, 0.4) is 0 Å². The van der Waals surface area contributed by atoms with E-state index in [-0.39, 0.29) is 24.1 Å². The molecule has 1 saturated heterocycles.